The largest absolute Gasteiger partial charge is 0.478 e. The third-order valence-electron chi connectivity index (χ3n) is 3.24. The van der Waals surface area contributed by atoms with Gasteiger partial charge in [0, 0.05) is 18.6 Å². The highest BCUT2D eigenvalue weighted by Gasteiger charge is 2.13. The van der Waals surface area contributed by atoms with E-state index in [0.717, 1.165) is 5.39 Å². The molecular formula is C17H13ClO5. The van der Waals surface area contributed by atoms with Gasteiger partial charge in [0.2, 0.25) is 0 Å². The third kappa shape index (κ3) is 3.16. The number of carboxylic acid groups (broad SMARTS) is 1. The van der Waals surface area contributed by atoms with Gasteiger partial charge in [-0.1, -0.05) is 23.7 Å². The van der Waals surface area contributed by atoms with Gasteiger partial charge in [0.25, 0.3) is 0 Å². The summed E-state index contributed by atoms with van der Waals surface area (Å²) in [5.74, 6) is 0.554. The molecule has 5 nitrogen and oxygen atoms in total. The van der Waals surface area contributed by atoms with Crippen LogP contribution < -0.4 is 4.74 Å². The molecule has 0 aliphatic rings. The van der Waals surface area contributed by atoms with Crippen molar-refractivity contribution < 1.29 is 23.8 Å². The fraction of sp³-hybridized carbons (Fsp3) is 0.118. The first-order chi connectivity index (χ1) is 11.1. The summed E-state index contributed by atoms with van der Waals surface area (Å²) in [6, 6.07) is 11.8. The van der Waals surface area contributed by atoms with Crippen LogP contribution in [-0.2, 0) is 11.3 Å². The standard InChI is InChI=1S/C17H13ClO5/c1-21-9-12-7-10-3-2-4-15(16(10)23-12)22-11-5-6-13(17(19)20)14(18)8-11/h2-8H,9H2,1H3,(H,19,20). The van der Waals surface area contributed by atoms with Gasteiger partial charge in [0.1, 0.15) is 18.1 Å². The van der Waals surface area contributed by atoms with E-state index in [1.54, 1.807) is 19.2 Å². The topological polar surface area (TPSA) is 68.9 Å². The molecule has 23 heavy (non-hydrogen) atoms. The molecule has 1 heterocycles. The summed E-state index contributed by atoms with van der Waals surface area (Å²) < 4.78 is 16.6. The summed E-state index contributed by atoms with van der Waals surface area (Å²) >= 11 is 5.95. The van der Waals surface area contributed by atoms with Crippen LogP contribution in [-0.4, -0.2) is 18.2 Å². The molecule has 118 valence electrons. The third-order valence-corrected chi connectivity index (χ3v) is 3.56. The van der Waals surface area contributed by atoms with Crippen LogP contribution in [0.2, 0.25) is 5.02 Å². The lowest BCUT2D eigenvalue weighted by Gasteiger charge is -2.07. The second-order valence-corrected chi connectivity index (χ2v) is 5.28. The highest BCUT2D eigenvalue weighted by Crippen LogP contribution is 2.33. The summed E-state index contributed by atoms with van der Waals surface area (Å²) in [5.41, 5.74) is 0.621. The quantitative estimate of drug-likeness (QED) is 0.732. The van der Waals surface area contributed by atoms with Crippen LogP contribution in [0.5, 0.6) is 11.5 Å². The van der Waals surface area contributed by atoms with Crippen molar-refractivity contribution in [3.63, 3.8) is 0 Å². The summed E-state index contributed by atoms with van der Waals surface area (Å²) in [6.07, 6.45) is 0. The number of fused-ring (bicyclic) bond motifs is 1. The van der Waals surface area contributed by atoms with Crippen LogP contribution in [0.25, 0.3) is 11.0 Å². The minimum atomic E-state index is -1.08. The summed E-state index contributed by atoms with van der Waals surface area (Å²) in [4.78, 5) is 11.0. The number of furan rings is 1. The number of aromatic carboxylic acids is 1. The first-order valence-corrected chi connectivity index (χ1v) is 7.17. The molecule has 0 fully saturated rings. The van der Waals surface area contributed by atoms with Crippen LogP contribution in [0.1, 0.15) is 16.1 Å². The lowest BCUT2D eigenvalue weighted by Crippen LogP contribution is -1.97. The Bertz CT molecular complexity index is 869. The fourth-order valence-corrected chi connectivity index (χ4v) is 2.49. The molecule has 0 saturated heterocycles. The van der Waals surface area contributed by atoms with Gasteiger partial charge in [-0.15, -0.1) is 0 Å². The zero-order valence-electron chi connectivity index (χ0n) is 12.2. The van der Waals surface area contributed by atoms with Crippen LogP contribution in [0.4, 0.5) is 0 Å². The number of hydrogen-bond acceptors (Lipinski definition) is 4. The molecule has 0 aliphatic heterocycles. The van der Waals surface area contributed by atoms with E-state index in [4.69, 9.17) is 30.6 Å². The van der Waals surface area contributed by atoms with Gasteiger partial charge in [-0.3, -0.25) is 0 Å². The molecule has 3 aromatic rings. The number of methoxy groups -OCH3 is 1. The first-order valence-electron chi connectivity index (χ1n) is 6.79. The molecular weight excluding hydrogens is 320 g/mol. The predicted octanol–water partition coefficient (Wildman–Crippen LogP) is 4.72. The number of rotatable bonds is 5. The zero-order valence-corrected chi connectivity index (χ0v) is 13.0. The molecule has 0 saturated carbocycles. The fourth-order valence-electron chi connectivity index (χ4n) is 2.24. The minimum Gasteiger partial charge on any atom is -0.478 e. The second kappa shape index (κ2) is 6.32. The van der Waals surface area contributed by atoms with Crippen molar-refractivity contribution in [1.82, 2.24) is 0 Å². The Morgan fingerprint density at radius 1 is 1.26 bits per heavy atom. The number of para-hydroxylation sites is 1. The molecule has 0 amide bonds. The normalized spacial score (nSPS) is 10.9. The second-order valence-electron chi connectivity index (χ2n) is 4.87. The smallest absolute Gasteiger partial charge is 0.337 e. The van der Waals surface area contributed by atoms with Crippen molar-refractivity contribution in [2.24, 2.45) is 0 Å². The van der Waals surface area contributed by atoms with E-state index in [2.05, 4.69) is 0 Å². The first kappa shape index (κ1) is 15.4. The van der Waals surface area contributed by atoms with Crippen molar-refractivity contribution in [1.29, 1.82) is 0 Å². The Morgan fingerprint density at radius 2 is 2.09 bits per heavy atom. The van der Waals surface area contributed by atoms with Gasteiger partial charge < -0.3 is 19.0 Å². The Morgan fingerprint density at radius 3 is 2.78 bits per heavy atom. The number of carboxylic acids is 1. The highest BCUT2D eigenvalue weighted by molar-refractivity contribution is 6.33. The van der Waals surface area contributed by atoms with E-state index in [0.29, 0.717) is 29.4 Å². The number of carbonyl (C=O) groups is 1. The van der Waals surface area contributed by atoms with Gasteiger partial charge in [-0.2, -0.15) is 0 Å². The maximum Gasteiger partial charge on any atom is 0.337 e. The van der Waals surface area contributed by atoms with Crippen molar-refractivity contribution in [3.8, 4) is 11.5 Å². The molecule has 0 aliphatic carbocycles. The lowest BCUT2D eigenvalue weighted by atomic mass is 10.2. The van der Waals surface area contributed by atoms with Crippen LogP contribution in [0.3, 0.4) is 0 Å². The molecule has 0 atom stereocenters. The van der Waals surface area contributed by atoms with Crippen molar-refractivity contribution in [3.05, 3.63) is 58.8 Å². The van der Waals surface area contributed by atoms with Crippen molar-refractivity contribution in [2.75, 3.05) is 7.11 Å². The Labute approximate surface area is 137 Å². The van der Waals surface area contributed by atoms with Gasteiger partial charge in [-0.25, -0.2) is 4.79 Å². The van der Waals surface area contributed by atoms with E-state index in [1.165, 1.54) is 12.1 Å². The highest BCUT2D eigenvalue weighted by atomic mass is 35.5. The number of benzene rings is 2. The minimum absolute atomic E-state index is 0.0256. The van der Waals surface area contributed by atoms with Crippen molar-refractivity contribution in [2.45, 2.75) is 6.61 Å². The molecule has 0 unspecified atom stereocenters. The van der Waals surface area contributed by atoms with E-state index in [-0.39, 0.29) is 10.6 Å². The van der Waals surface area contributed by atoms with Gasteiger partial charge in [0.05, 0.1) is 10.6 Å². The van der Waals surface area contributed by atoms with E-state index >= 15 is 0 Å². The maximum absolute atomic E-state index is 11.0. The molecule has 1 aromatic heterocycles. The Kier molecular flexibility index (Phi) is 4.23. The molecule has 6 heteroatoms. The van der Waals surface area contributed by atoms with Crippen molar-refractivity contribution >= 4 is 28.5 Å². The average molecular weight is 333 g/mol. The molecule has 3 rings (SSSR count). The zero-order chi connectivity index (χ0) is 16.4. The van der Waals surface area contributed by atoms with Gasteiger partial charge in [-0.05, 0) is 24.3 Å². The number of halogens is 1. The summed E-state index contributed by atoms with van der Waals surface area (Å²) in [6.45, 7) is 0.368. The molecule has 2 aromatic carbocycles. The Hall–Kier alpha value is -2.50. The molecule has 0 bridgehead atoms. The maximum atomic E-state index is 11.0. The average Bonchev–Trinajstić information content (AvgIpc) is 2.91. The van der Waals surface area contributed by atoms with Gasteiger partial charge >= 0.3 is 5.97 Å². The van der Waals surface area contributed by atoms with Crippen LogP contribution >= 0.6 is 11.6 Å². The van der Waals surface area contributed by atoms with E-state index < -0.39 is 5.97 Å². The number of ether oxygens (including phenoxy) is 2. The molecule has 0 radical (unpaired) electrons. The van der Waals surface area contributed by atoms with E-state index in [1.807, 2.05) is 18.2 Å². The molecule has 1 N–H and O–H groups in total. The Balaban J connectivity index is 1.95. The summed E-state index contributed by atoms with van der Waals surface area (Å²) in [5, 5.41) is 9.99. The monoisotopic (exact) mass is 332 g/mol. The van der Waals surface area contributed by atoms with Crippen LogP contribution in [0.15, 0.2) is 46.9 Å². The number of hydrogen-bond donors (Lipinski definition) is 1. The SMILES string of the molecule is COCc1cc2cccc(Oc3ccc(C(=O)O)c(Cl)c3)c2o1. The summed E-state index contributed by atoms with van der Waals surface area (Å²) in [7, 11) is 1.59. The lowest BCUT2D eigenvalue weighted by molar-refractivity contribution is 0.0697. The predicted molar refractivity (Wildman–Crippen MR) is 85.4 cm³/mol. The van der Waals surface area contributed by atoms with Crippen LogP contribution in [0, 0.1) is 0 Å². The van der Waals surface area contributed by atoms with Gasteiger partial charge in [0.15, 0.2) is 11.3 Å². The van der Waals surface area contributed by atoms with E-state index in [9.17, 15) is 4.79 Å². The molecule has 0 spiro atoms.